The number of aromatic hydroxyl groups is 2. The lowest BCUT2D eigenvalue weighted by Crippen LogP contribution is -2.33. The molecule has 10 heteroatoms. The lowest BCUT2D eigenvalue weighted by atomic mass is 9.97. The summed E-state index contributed by atoms with van der Waals surface area (Å²) in [6.45, 7) is 0. The average molecular weight is 394 g/mol. The Kier molecular flexibility index (Phi) is 4.73. The number of benzene rings is 2. The Labute approximate surface area is 156 Å². The van der Waals surface area contributed by atoms with E-state index in [9.17, 15) is 38.7 Å². The van der Waals surface area contributed by atoms with Gasteiger partial charge in [0.05, 0.1) is 11.0 Å². The fourth-order valence-corrected chi connectivity index (χ4v) is 2.85. The molecule has 2 aromatic rings. The number of hydrogen-bond acceptors (Lipinski definition) is 6. The Morgan fingerprint density at radius 1 is 1.11 bits per heavy atom. The number of nitro benzene ring substituents is 1. The molecule has 2 aromatic carbocycles. The SMILES string of the molecule is O=[N+]([O-])c1cc(-c2cccc(C3C=CC=C(C(F)(F)F)N3O)c2)cc(O)c1O. The molecule has 1 atom stereocenters. The molecule has 1 unspecified atom stereocenters. The second-order valence-electron chi connectivity index (χ2n) is 5.97. The van der Waals surface area contributed by atoms with E-state index in [4.69, 9.17) is 0 Å². The first-order valence-corrected chi connectivity index (χ1v) is 7.84. The normalized spacial score (nSPS) is 16.8. The minimum absolute atomic E-state index is 0.0931. The number of nitrogens with zero attached hydrogens (tertiary/aromatic N) is 2. The average Bonchev–Trinajstić information content (AvgIpc) is 2.63. The highest BCUT2D eigenvalue weighted by molar-refractivity contribution is 5.72. The monoisotopic (exact) mass is 394 g/mol. The van der Waals surface area contributed by atoms with Crippen LogP contribution in [0.25, 0.3) is 11.1 Å². The summed E-state index contributed by atoms with van der Waals surface area (Å²) >= 11 is 0. The molecule has 0 radical (unpaired) electrons. The maximum absolute atomic E-state index is 13.0. The van der Waals surface area contributed by atoms with Crippen molar-refractivity contribution in [3.05, 3.63) is 76.0 Å². The Bertz CT molecular complexity index is 1000. The number of nitro groups is 1. The van der Waals surface area contributed by atoms with Crippen LogP contribution in [0.3, 0.4) is 0 Å². The Morgan fingerprint density at radius 2 is 1.82 bits per heavy atom. The van der Waals surface area contributed by atoms with Crippen LogP contribution in [0, 0.1) is 10.1 Å². The Hall–Kier alpha value is -3.53. The number of allylic oxidation sites excluding steroid dienone is 3. The third kappa shape index (κ3) is 3.49. The van der Waals surface area contributed by atoms with Crippen LogP contribution in [0.2, 0.25) is 0 Å². The topological polar surface area (TPSA) is 107 Å². The van der Waals surface area contributed by atoms with Gasteiger partial charge in [0.25, 0.3) is 0 Å². The van der Waals surface area contributed by atoms with Gasteiger partial charge < -0.3 is 10.2 Å². The Balaban J connectivity index is 2.02. The molecule has 0 aliphatic carbocycles. The van der Waals surface area contributed by atoms with Crippen molar-refractivity contribution in [1.29, 1.82) is 0 Å². The number of halogens is 3. The van der Waals surface area contributed by atoms with Crippen molar-refractivity contribution < 1.29 is 33.5 Å². The molecule has 3 N–H and O–H groups in total. The van der Waals surface area contributed by atoms with Gasteiger partial charge in [-0.25, -0.2) is 5.06 Å². The van der Waals surface area contributed by atoms with E-state index in [0.717, 1.165) is 18.2 Å². The second-order valence-corrected chi connectivity index (χ2v) is 5.97. The van der Waals surface area contributed by atoms with Gasteiger partial charge in [0.15, 0.2) is 5.75 Å². The zero-order valence-electron chi connectivity index (χ0n) is 14.0. The number of alkyl halides is 3. The largest absolute Gasteiger partial charge is 0.504 e. The minimum atomic E-state index is -4.75. The second kappa shape index (κ2) is 6.89. The molecule has 3 rings (SSSR count). The van der Waals surface area contributed by atoms with Crippen LogP contribution in [-0.4, -0.2) is 31.6 Å². The summed E-state index contributed by atoms with van der Waals surface area (Å²) in [4.78, 5) is 10.1. The summed E-state index contributed by atoms with van der Waals surface area (Å²) in [5.74, 6) is -1.60. The number of hydroxylamine groups is 2. The summed E-state index contributed by atoms with van der Waals surface area (Å²) < 4.78 is 39.0. The molecule has 0 bridgehead atoms. The van der Waals surface area contributed by atoms with E-state index >= 15 is 0 Å². The van der Waals surface area contributed by atoms with E-state index in [-0.39, 0.29) is 16.2 Å². The van der Waals surface area contributed by atoms with E-state index in [2.05, 4.69) is 0 Å². The van der Waals surface area contributed by atoms with Crippen LogP contribution < -0.4 is 0 Å². The van der Waals surface area contributed by atoms with Crippen LogP contribution in [0.1, 0.15) is 11.6 Å². The molecule has 0 aromatic heterocycles. The van der Waals surface area contributed by atoms with E-state index in [1.54, 1.807) is 0 Å². The van der Waals surface area contributed by atoms with Gasteiger partial charge in [-0.15, -0.1) is 0 Å². The van der Waals surface area contributed by atoms with Gasteiger partial charge >= 0.3 is 11.9 Å². The molecule has 0 saturated heterocycles. The first kappa shape index (κ1) is 19.2. The van der Waals surface area contributed by atoms with Gasteiger partial charge in [0, 0.05) is 6.07 Å². The van der Waals surface area contributed by atoms with E-state index in [1.807, 2.05) is 0 Å². The first-order chi connectivity index (χ1) is 13.1. The van der Waals surface area contributed by atoms with Crippen LogP contribution in [-0.2, 0) is 0 Å². The lowest BCUT2D eigenvalue weighted by Gasteiger charge is -2.31. The number of rotatable bonds is 3. The van der Waals surface area contributed by atoms with Crippen molar-refractivity contribution in [2.75, 3.05) is 0 Å². The number of hydrogen-bond donors (Lipinski definition) is 3. The summed E-state index contributed by atoms with van der Waals surface area (Å²) in [6.07, 6.45) is -1.49. The Morgan fingerprint density at radius 3 is 2.46 bits per heavy atom. The van der Waals surface area contributed by atoms with E-state index in [0.29, 0.717) is 5.56 Å². The highest BCUT2D eigenvalue weighted by Gasteiger charge is 2.40. The van der Waals surface area contributed by atoms with Crippen LogP contribution in [0.15, 0.2) is 60.3 Å². The van der Waals surface area contributed by atoms with Gasteiger partial charge in [-0.3, -0.25) is 15.3 Å². The van der Waals surface area contributed by atoms with Gasteiger partial charge in [0.1, 0.15) is 5.70 Å². The molecule has 1 heterocycles. The molecule has 7 nitrogen and oxygen atoms in total. The molecule has 0 fully saturated rings. The van der Waals surface area contributed by atoms with Crippen molar-refractivity contribution in [3.63, 3.8) is 0 Å². The molecule has 1 aliphatic heterocycles. The molecule has 0 spiro atoms. The minimum Gasteiger partial charge on any atom is -0.504 e. The van der Waals surface area contributed by atoms with Gasteiger partial charge in [0.2, 0.25) is 5.75 Å². The molecule has 1 aliphatic rings. The molecular formula is C18H13F3N2O5. The third-order valence-corrected chi connectivity index (χ3v) is 4.18. The van der Waals surface area contributed by atoms with Crippen molar-refractivity contribution >= 4 is 5.69 Å². The number of phenols is 2. The van der Waals surface area contributed by atoms with Gasteiger partial charge in [-0.1, -0.05) is 30.4 Å². The third-order valence-electron chi connectivity index (χ3n) is 4.18. The molecule has 28 heavy (non-hydrogen) atoms. The fourth-order valence-electron chi connectivity index (χ4n) is 2.85. The summed E-state index contributed by atoms with van der Waals surface area (Å²) in [5, 5.41) is 40.4. The van der Waals surface area contributed by atoms with Crippen LogP contribution in [0.5, 0.6) is 11.5 Å². The highest BCUT2D eigenvalue weighted by Crippen LogP contribution is 2.41. The molecule has 0 saturated carbocycles. The van der Waals surface area contributed by atoms with Crippen molar-refractivity contribution in [2.24, 2.45) is 0 Å². The quantitative estimate of drug-likeness (QED) is 0.404. The molecular weight excluding hydrogens is 381 g/mol. The summed E-state index contributed by atoms with van der Waals surface area (Å²) in [7, 11) is 0. The van der Waals surface area contributed by atoms with E-state index in [1.165, 1.54) is 36.4 Å². The summed E-state index contributed by atoms with van der Waals surface area (Å²) in [5.41, 5.74) is -1.17. The predicted octanol–water partition coefficient (Wildman–Crippen LogP) is 4.42. The standard InChI is InChI=1S/C18H13F3N2O5/c19-18(20,21)16-6-2-5-13(22(16)26)11-4-1-3-10(7-11)12-8-14(23(27)28)17(25)15(24)9-12/h1-9,13,24-26H. The fraction of sp³-hybridized carbons (Fsp3) is 0.111. The lowest BCUT2D eigenvalue weighted by molar-refractivity contribution is -0.385. The predicted molar refractivity (Wildman–Crippen MR) is 91.5 cm³/mol. The molecule has 0 amide bonds. The maximum atomic E-state index is 13.0. The van der Waals surface area contributed by atoms with E-state index < -0.39 is 40.0 Å². The molecule has 146 valence electrons. The van der Waals surface area contributed by atoms with Gasteiger partial charge in [-0.05, 0) is 34.9 Å². The van der Waals surface area contributed by atoms with Crippen molar-refractivity contribution in [1.82, 2.24) is 5.06 Å². The van der Waals surface area contributed by atoms with Crippen LogP contribution >= 0.6 is 0 Å². The highest BCUT2D eigenvalue weighted by atomic mass is 19.4. The smallest absolute Gasteiger partial charge is 0.433 e. The summed E-state index contributed by atoms with van der Waals surface area (Å²) in [6, 6.07) is 6.91. The van der Waals surface area contributed by atoms with Crippen molar-refractivity contribution in [2.45, 2.75) is 12.2 Å². The first-order valence-electron chi connectivity index (χ1n) is 7.84. The number of phenolic OH excluding ortho intramolecular Hbond substituents is 2. The van der Waals surface area contributed by atoms with Crippen LogP contribution in [0.4, 0.5) is 18.9 Å². The zero-order valence-corrected chi connectivity index (χ0v) is 14.0. The van der Waals surface area contributed by atoms with Crippen molar-refractivity contribution in [3.8, 4) is 22.6 Å². The van der Waals surface area contributed by atoms with Gasteiger partial charge in [-0.2, -0.15) is 13.2 Å². The zero-order chi connectivity index (χ0) is 20.6. The maximum Gasteiger partial charge on any atom is 0.433 e.